The third-order valence-corrected chi connectivity index (χ3v) is 5.34. The Hall–Kier alpha value is -1.84. The van der Waals surface area contributed by atoms with Gasteiger partial charge in [0.05, 0.1) is 13.2 Å². The number of unbranched alkanes of at least 4 members (excludes halogenated alkanes) is 5. The molecule has 1 fully saturated rings. The van der Waals surface area contributed by atoms with Gasteiger partial charge in [-0.25, -0.2) is 0 Å². The van der Waals surface area contributed by atoms with Crippen LogP contribution in [0.15, 0.2) is 54.6 Å². The molecule has 2 aromatic carbocycles. The number of hydrogen-bond acceptors (Lipinski definition) is 3. The summed E-state index contributed by atoms with van der Waals surface area (Å²) in [6, 6.07) is 18.3. The molecule has 0 atom stereocenters. The van der Waals surface area contributed by atoms with E-state index in [1.54, 1.807) is 0 Å². The molecule has 0 spiro atoms. The first-order valence-electron chi connectivity index (χ1n) is 10.9. The summed E-state index contributed by atoms with van der Waals surface area (Å²) < 4.78 is 18.2. The molecule has 0 aromatic heterocycles. The van der Waals surface area contributed by atoms with Gasteiger partial charge in [-0.05, 0) is 18.1 Å². The van der Waals surface area contributed by atoms with Crippen molar-refractivity contribution in [2.75, 3.05) is 13.2 Å². The van der Waals surface area contributed by atoms with E-state index >= 15 is 0 Å². The normalized spacial score (nSPS) is 19.5. The van der Waals surface area contributed by atoms with Crippen molar-refractivity contribution < 1.29 is 14.2 Å². The zero-order valence-electron chi connectivity index (χ0n) is 17.1. The lowest BCUT2D eigenvalue weighted by Gasteiger charge is -2.30. The predicted molar refractivity (Wildman–Crippen MR) is 113 cm³/mol. The van der Waals surface area contributed by atoms with Crippen LogP contribution in [0.4, 0.5) is 0 Å². The van der Waals surface area contributed by atoms with Crippen molar-refractivity contribution >= 4 is 0 Å². The largest absolute Gasteiger partial charge is 0.488 e. The van der Waals surface area contributed by atoms with Crippen LogP contribution in [0.25, 0.3) is 0 Å². The van der Waals surface area contributed by atoms with Crippen molar-refractivity contribution in [3.8, 4) is 5.75 Å². The first kappa shape index (κ1) is 20.9. The molecule has 3 rings (SSSR count). The third kappa shape index (κ3) is 6.65. The minimum absolute atomic E-state index is 0.326. The van der Waals surface area contributed by atoms with Crippen molar-refractivity contribution in [1.29, 1.82) is 0 Å². The zero-order valence-corrected chi connectivity index (χ0v) is 17.1. The molecule has 0 bridgehead atoms. The molecular formula is C25H34O3. The van der Waals surface area contributed by atoms with Crippen LogP contribution in [0, 0.1) is 5.92 Å². The highest BCUT2D eigenvalue weighted by Crippen LogP contribution is 2.33. The van der Waals surface area contributed by atoms with Crippen molar-refractivity contribution in [2.24, 2.45) is 5.92 Å². The van der Waals surface area contributed by atoms with E-state index in [4.69, 9.17) is 14.2 Å². The van der Waals surface area contributed by atoms with Crippen molar-refractivity contribution in [1.82, 2.24) is 0 Å². The summed E-state index contributed by atoms with van der Waals surface area (Å²) in [6.07, 6.45) is 8.88. The minimum Gasteiger partial charge on any atom is -0.488 e. The summed E-state index contributed by atoms with van der Waals surface area (Å²) in [5.41, 5.74) is 2.14. The van der Waals surface area contributed by atoms with Gasteiger partial charge in [0, 0.05) is 11.5 Å². The summed E-state index contributed by atoms with van der Waals surface area (Å²) in [5.74, 6) is 1.35. The van der Waals surface area contributed by atoms with E-state index in [-0.39, 0.29) is 6.29 Å². The molecule has 0 saturated carbocycles. The molecule has 0 unspecified atom stereocenters. The van der Waals surface area contributed by atoms with E-state index in [0.717, 1.165) is 30.1 Å². The van der Waals surface area contributed by atoms with Gasteiger partial charge in [0.25, 0.3) is 0 Å². The molecule has 2 aromatic rings. The SMILES string of the molecule is CCCCCCCCC1COC(c2ccccc2OCc2ccccc2)OC1. The zero-order chi connectivity index (χ0) is 19.4. The van der Waals surface area contributed by atoms with E-state index in [1.165, 1.54) is 44.9 Å². The van der Waals surface area contributed by atoms with Gasteiger partial charge in [-0.2, -0.15) is 0 Å². The number of ether oxygens (including phenoxy) is 3. The van der Waals surface area contributed by atoms with Crippen molar-refractivity contribution in [2.45, 2.75) is 64.8 Å². The molecule has 152 valence electrons. The number of rotatable bonds is 11. The van der Waals surface area contributed by atoms with Gasteiger partial charge in [-0.1, -0.05) is 94.0 Å². The topological polar surface area (TPSA) is 27.7 Å². The molecule has 1 heterocycles. The van der Waals surface area contributed by atoms with Gasteiger partial charge in [0.15, 0.2) is 6.29 Å². The van der Waals surface area contributed by atoms with E-state index < -0.39 is 0 Å². The fourth-order valence-electron chi connectivity index (χ4n) is 3.64. The highest BCUT2D eigenvalue weighted by atomic mass is 16.7. The molecule has 3 heteroatoms. The fourth-order valence-corrected chi connectivity index (χ4v) is 3.64. The molecule has 28 heavy (non-hydrogen) atoms. The van der Waals surface area contributed by atoms with Gasteiger partial charge >= 0.3 is 0 Å². The molecule has 1 aliphatic rings. The number of hydrogen-bond donors (Lipinski definition) is 0. The van der Waals surface area contributed by atoms with Gasteiger partial charge < -0.3 is 14.2 Å². The summed E-state index contributed by atoms with van der Waals surface area (Å²) >= 11 is 0. The molecule has 0 aliphatic carbocycles. The summed E-state index contributed by atoms with van der Waals surface area (Å²) in [5, 5.41) is 0. The van der Waals surface area contributed by atoms with Crippen LogP contribution in [-0.2, 0) is 16.1 Å². The van der Waals surface area contributed by atoms with Crippen LogP contribution in [-0.4, -0.2) is 13.2 Å². The Kier molecular flexibility index (Phi) is 8.86. The van der Waals surface area contributed by atoms with Crippen LogP contribution in [0.5, 0.6) is 5.75 Å². The molecular weight excluding hydrogens is 348 g/mol. The summed E-state index contributed by atoms with van der Waals surface area (Å²) in [6.45, 7) is 4.35. The molecule has 3 nitrogen and oxygen atoms in total. The number of para-hydroxylation sites is 1. The second-order valence-electron chi connectivity index (χ2n) is 7.73. The van der Waals surface area contributed by atoms with E-state index in [9.17, 15) is 0 Å². The lowest BCUT2D eigenvalue weighted by atomic mass is 10.0. The third-order valence-electron chi connectivity index (χ3n) is 5.34. The quantitative estimate of drug-likeness (QED) is 0.406. The van der Waals surface area contributed by atoms with Gasteiger partial charge in [-0.3, -0.25) is 0 Å². The summed E-state index contributed by atoms with van der Waals surface area (Å²) in [4.78, 5) is 0. The minimum atomic E-state index is -0.326. The maximum absolute atomic E-state index is 6.06. The van der Waals surface area contributed by atoms with E-state index in [2.05, 4.69) is 19.1 Å². The molecule has 1 saturated heterocycles. The molecule has 0 radical (unpaired) electrons. The monoisotopic (exact) mass is 382 g/mol. The van der Waals surface area contributed by atoms with Gasteiger partial charge in [0.1, 0.15) is 12.4 Å². The highest BCUT2D eigenvalue weighted by Gasteiger charge is 2.25. The Morgan fingerprint density at radius 2 is 1.50 bits per heavy atom. The maximum atomic E-state index is 6.06. The van der Waals surface area contributed by atoms with Crippen LogP contribution >= 0.6 is 0 Å². The van der Waals surface area contributed by atoms with Crippen LogP contribution in [0.3, 0.4) is 0 Å². The van der Waals surface area contributed by atoms with E-state index in [1.807, 2.05) is 42.5 Å². The van der Waals surface area contributed by atoms with Crippen molar-refractivity contribution in [3.63, 3.8) is 0 Å². The first-order valence-corrected chi connectivity index (χ1v) is 10.9. The molecule has 0 N–H and O–H groups in total. The smallest absolute Gasteiger partial charge is 0.187 e. The van der Waals surface area contributed by atoms with Crippen LogP contribution in [0.1, 0.15) is 69.3 Å². The second-order valence-corrected chi connectivity index (χ2v) is 7.73. The van der Waals surface area contributed by atoms with Gasteiger partial charge in [-0.15, -0.1) is 0 Å². The lowest BCUT2D eigenvalue weighted by molar-refractivity contribution is -0.206. The van der Waals surface area contributed by atoms with Crippen molar-refractivity contribution in [3.05, 3.63) is 65.7 Å². The standard InChI is InChI=1S/C25H34O3/c1-2-3-4-5-6-8-15-22-19-27-25(28-20-22)23-16-11-12-17-24(23)26-18-21-13-9-7-10-14-21/h7,9-14,16-17,22,25H,2-6,8,15,18-20H2,1H3. The Bertz CT molecular complexity index is 663. The summed E-state index contributed by atoms with van der Waals surface area (Å²) in [7, 11) is 0. The lowest BCUT2D eigenvalue weighted by Crippen LogP contribution is -2.27. The number of benzene rings is 2. The Morgan fingerprint density at radius 3 is 2.29 bits per heavy atom. The second kappa shape index (κ2) is 11.9. The maximum Gasteiger partial charge on any atom is 0.187 e. The predicted octanol–water partition coefficient (Wildman–Crippen LogP) is 6.68. The Balaban J connectivity index is 1.44. The Morgan fingerprint density at radius 1 is 0.821 bits per heavy atom. The highest BCUT2D eigenvalue weighted by molar-refractivity contribution is 5.34. The van der Waals surface area contributed by atoms with Crippen LogP contribution < -0.4 is 4.74 Å². The average Bonchev–Trinajstić information content (AvgIpc) is 2.76. The molecule has 1 aliphatic heterocycles. The molecule has 0 amide bonds. The average molecular weight is 383 g/mol. The van der Waals surface area contributed by atoms with Crippen LogP contribution in [0.2, 0.25) is 0 Å². The van der Waals surface area contributed by atoms with Gasteiger partial charge in [0.2, 0.25) is 0 Å². The Labute approximate surface area is 170 Å². The van der Waals surface area contributed by atoms with E-state index in [0.29, 0.717) is 12.5 Å². The first-order chi connectivity index (χ1) is 13.9. The fraction of sp³-hybridized carbons (Fsp3) is 0.520.